The number of carbonyl (C=O) groups excluding carboxylic acids is 1. The number of hydrogen-bond donors (Lipinski definition) is 2. The van der Waals surface area contributed by atoms with Gasteiger partial charge in [-0.3, -0.25) is 0 Å². The molecule has 2 amide bonds. The van der Waals surface area contributed by atoms with E-state index >= 15 is 0 Å². The first-order valence-corrected chi connectivity index (χ1v) is 6.06. The fourth-order valence-corrected chi connectivity index (χ4v) is 1.97. The normalized spacial score (nSPS) is 17.5. The van der Waals surface area contributed by atoms with Crippen molar-refractivity contribution in [3.05, 3.63) is 29.8 Å². The molecule has 0 radical (unpaired) electrons. The van der Waals surface area contributed by atoms with Crippen LogP contribution in [-0.2, 0) is 4.74 Å². The molecule has 2 rings (SSSR count). The van der Waals surface area contributed by atoms with E-state index in [0.717, 1.165) is 17.7 Å². The van der Waals surface area contributed by atoms with Gasteiger partial charge in [0.15, 0.2) is 0 Å². The largest absolute Gasteiger partial charge is 0.493 e. The second-order valence-corrected chi connectivity index (χ2v) is 4.12. The third-order valence-electron chi connectivity index (χ3n) is 2.86. The number of benzene rings is 1. The minimum Gasteiger partial charge on any atom is -0.493 e. The zero-order chi connectivity index (χ0) is 12.8. The minimum atomic E-state index is -0.172. The smallest absolute Gasteiger partial charge is 0.315 e. The van der Waals surface area contributed by atoms with Crippen molar-refractivity contribution in [1.82, 2.24) is 10.6 Å². The fourth-order valence-electron chi connectivity index (χ4n) is 1.97. The Balaban J connectivity index is 1.92. The lowest BCUT2D eigenvalue weighted by atomic mass is 10.0. The molecule has 0 fully saturated rings. The van der Waals surface area contributed by atoms with Crippen LogP contribution in [0.5, 0.6) is 5.75 Å². The minimum absolute atomic E-state index is 0.0116. The van der Waals surface area contributed by atoms with Crippen molar-refractivity contribution in [2.24, 2.45) is 0 Å². The molecule has 1 aliphatic heterocycles. The van der Waals surface area contributed by atoms with Gasteiger partial charge in [-0.1, -0.05) is 18.2 Å². The van der Waals surface area contributed by atoms with Crippen LogP contribution in [0.25, 0.3) is 0 Å². The lowest BCUT2D eigenvalue weighted by molar-refractivity contribution is 0.193. The lowest BCUT2D eigenvalue weighted by Gasteiger charge is -2.26. The summed E-state index contributed by atoms with van der Waals surface area (Å²) in [5, 5.41) is 5.69. The van der Waals surface area contributed by atoms with Crippen LogP contribution < -0.4 is 15.4 Å². The maximum atomic E-state index is 11.7. The first kappa shape index (κ1) is 12.7. The molecule has 5 nitrogen and oxygen atoms in total. The molecular formula is C13H18N2O3. The first-order chi connectivity index (χ1) is 8.81. The molecule has 0 aromatic heterocycles. The predicted octanol–water partition coefficient (Wildman–Crippen LogP) is 1.46. The zero-order valence-corrected chi connectivity index (χ0v) is 10.4. The third-order valence-corrected chi connectivity index (χ3v) is 2.86. The maximum Gasteiger partial charge on any atom is 0.315 e. The number of amides is 2. The number of fused-ring (bicyclic) bond motifs is 1. The monoisotopic (exact) mass is 250 g/mol. The number of hydrogen-bond acceptors (Lipinski definition) is 3. The summed E-state index contributed by atoms with van der Waals surface area (Å²) in [7, 11) is 1.61. The molecular weight excluding hydrogens is 232 g/mol. The summed E-state index contributed by atoms with van der Waals surface area (Å²) >= 11 is 0. The zero-order valence-electron chi connectivity index (χ0n) is 10.4. The van der Waals surface area contributed by atoms with Crippen LogP contribution in [0, 0.1) is 0 Å². The Labute approximate surface area is 106 Å². The van der Waals surface area contributed by atoms with Gasteiger partial charge in [0.1, 0.15) is 5.75 Å². The summed E-state index contributed by atoms with van der Waals surface area (Å²) in [4.78, 5) is 11.7. The number of methoxy groups -OCH3 is 1. The molecule has 1 aromatic carbocycles. The first-order valence-electron chi connectivity index (χ1n) is 6.06. The molecule has 5 heteroatoms. The highest BCUT2D eigenvalue weighted by atomic mass is 16.5. The number of carbonyl (C=O) groups is 1. The van der Waals surface area contributed by atoms with Crippen molar-refractivity contribution in [3.8, 4) is 5.75 Å². The predicted molar refractivity (Wildman–Crippen MR) is 67.7 cm³/mol. The van der Waals surface area contributed by atoms with Crippen LogP contribution in [0.4, 0.5) is 4.79 Å². The van der Waals surface area contributed by atoms with E-state index in [9.17, 15) is 4.79 Å². The number of para-hydroxylation sites is 1. The number of ether oxygens (including phenoxy) is 2. The molecule has 2 N–H and O–H groups in total. The topological polar surface area (TPSA) is 59.6 Å². The van der Waals surface area contributed by atoms with E-state index in [0.29, 0.717) is 19.8 Å². The van der Waals surface area contributed by atoms with Gasteiger partial charge >= 0.3 is 6.03 Å². The van der Waals surface area contributed by atoms with Gasteiger partial charge in [0.2, 0.25) is 0 Å². The van der Waals surface area contributed by atoms with Crippen molar-refractivity contribution in [3.63, 3.8) is 0 Å². The molecule has 1 unspecified atom stereocenters. The summed E-state index contributed by atoms with van der Waals surface area (Å²) in [6, 6.07) is 7.62. The van der Waals surface area contributed by atoms with Gasteiger partial charge in [0.05, 0.1) is 19.3 Å². The molecule has 1 atom stereocenters. The van der Waals surface area contributed by atoms with E-state index in [2.05, 4.69) is 10.6 Å². The molecule has 0 spiro atoms. The Morgan fingerprint density at radius 2 is 2.33 bits per heavy atom. The fraction of sp³-hybridized carbons (Fsp3) is 0.462. The van der Waals surface area contributed by atoms with Crippen LogP contribution in [-0.4, -0.2) is 32.9 Å². The molecule has 0 saturated carbocycles. The summed E-state index contributed by atoms with van der Waals surface area (Å²) in [5.41, 5.74) is 1.03. The molecule has 0 aliphatic carbocycles. The summed E-state index contributed by atoms with van der Waals surface area (Å²) in [6.07, 6.45) is 0.786. The van der Waals surface area contributed by atoms with Crippen LogP contribution in [0.15, 0.2) is 24.3 Å². The van der Waals surface area contributed by atoms with Crippen LogP contribution in [0.3, 0.4) is 0 Å². The average molecular weight is 250 g/mol. The Bertz CT molecular complexity index is 409. The number of nitrogens with one attached hydrogen (secondary N) is 2. The SMILES string of the molecule is COCCNC(=O)NC1CCOc2ccccc21. The lowest BCUT2D eigenvalue weighted by Crippen LogP contribution is -2.40. The molecule has 1 aliphatic rings. The Morgan fingerprint density at radius 1 is 1.50 bits per heavy atom. The van der Waals surface area contributed by atoms with E-state index in [1.54, 1.807) is 7.11 Å². The van der Waals surface area contributed by atoms with Gasteiger partial charge in [0.25, 0.3) is 0 Å². The molecule has 98 valence electrons. The average Bonchev–Trinajstić information content (AvgIpc) is 2.39. The van der Waals surface area contributed by atoms with Crippen molar-refractivity contribution < 1.29 is 14.3 Å². The highest BCUT2D eigenvalue weighted by Gasteiger charge is 2.22. The standard InChI is InChI=1S/C13H18N2O3/c1-17-9-7-14-13(16)15-11-6-8-18-12-5-3-2-4-10(11)12/h2-5,11H,6-9H2,1H3,(H2,14,15,16). The number of urea groups is 1. The van der Waals surface area contributed by atoms with Crippen molar-refractivity contribution in [1.29, 1.82) is 0 Å². The highest BCUT2D eigenvalue weighted by molar-refractivity contribution is 5.74. The van der Waals surface area contributed by atoms with Crippen LogP contribution >= 0.6 is 0 Å². The summed E-state index contributed by atoms with van der Waals surface area (Å²) < 4.78 is 10.4. The molecule has 0 bridgehead atoms. The van der Waals surface area contributed by atoms with E-state index in [-0.39, 0.29) is 12.1 Å². The van der Waals surface area contributed by atoms with Crippen molar-refractivity contribution in [2.45, 2.75) is 12.5 Å². The van der Waals surface area contributed by atoms with Crippen molar-refractivity contribution in [2.75, 3.05) is 26.9 Å². The Kier molecular flexibility index (Phi) is 4.41. The number of rotatable bonds is 4. The third kappa shape index (κ3) is 3.13. The van der Waals surface area contributed by atoms with E-state index in [1.807, 2.05) is 24.3 Å². The van der Waals surface area contributed by atoms with Gasteiger partial charge in [-0.25, -0.2) is 4.79 Å². The quantitative estimate of drug-likeness (QED) is 0.795. The Morgan fingerprint density at radius 3 is 3.17 bits per heavy atom. The van der Waals surface area contributed by atoms with Crippen LogP contribution in [0.2, 0.25) is 0 Å². The van der Waals surface area contributed by atoms with Gasteiger partial charge in [0, 0.05) is 25.6 Å². The second-order valence-electron chi connectivity index (χ2n) is 4.12. The van der Waals surface area contributed by atoms with E-state index in [4.69, 9.17) is 9.47 Å². The van der Waals surface area contributed by atoms with Crippen molar-refractivity contribution >= 4 is 6.03 Å². The molecule has 1 aromatic rings. The van der Waals surface area contributed by atoms with Gasteiger partial charge in [-0.15, -0.1) is 0 Å². The Hall–Kier alpha value is -1.75. The van der Waals surface area contributed by atoms with E-state index in [1.165, 1.54) is 0 Å². The van der Waals surface area contributed by atoms with Gasteiger partial charge in [-0.05, 0) is 6.07 Å². The second kappa shape index (κ2) is 6.26. The summed E-state index contributed by atoms with van der Waals surface area (Å²) in [6.45, 7) is 1.64. The maximum absolute atomic E-state index is 11.7. The van der Waals surface area contributed by atoms with Gasteiger partial charge in [-0.2, -0.15) is 0 Å². The molecule has 18 heavy (non-hydrogen) atoms. The summed E-state index contributed by atoms with van der Waals surface area (Å²) in [5.74, 6) is 0.853. The van der Waals surface area contributed by atoms with Crippen LogP contribution in [0.1, 0.15) is 18.0 Å². The highest BCUT2D eigenvalue weighted by Crippen LogP contribution is 2.31. The van der Waals surface area contributed by atoms with Gasteiger partial charge < -0.3 is 20.1 Å². The molecule has 1 heterocycles. The van der Waals surface area contributed by atoms with E-state index < -0.39 is 0 Å². The molecule has 0 saturated heterocycles.